The van der Waals surface area contributed by atoms with Crippen molar-refractivity contribution < 1.29 is 4.79 Å². The van der Waals surface area contributed by atoms with E-state index < -0.39 is 0 Å². The van der Waals surface area contributed by atoms with Crippen LogP contribution in [0.5, 0.6) is 0 Å². The number of amides is 1. The number of carbonyl (C=O) groups excluding carboxylic acids is 1. The minimum Gasteiger partial charge on any atom is -0.345 e. The summed E-state index contributed by atoms with van der Waals surface area (Å²) in [5, 5.41) is 7.16. The fourth-order valence-electron chi connectivity index (χ4n) is 2.30. The van der Waals surface area contributed by atoms with Gasteiger partial charge in [-0.3, -0.25) is 9.48 Å². The number of anilines is 1. The number of hydrogen-bond donors (Lipinski definition) is 0. The molecule has 1 fully saturated rings. The summed E-state index contributed by atoms with van der Waals surface area (Å²) in [4.78, 5) is 20.9. The van der Waals surface area contributed by atoms with Crippen molar-refractivity contribution in [2.75, 3.05) is 31.1 Å². The Bertz CT molecular complexity index is 612. The second-order valence-corrected chi connectivity index (χ2v) is 5.79. The van der Waals surface area contributed by atoms with Crippen LogP contribution >= 0.6 is 11.3 Å². The van der Waals surface area contributed by atoms with E-state index in [1.807, 2.05) is 18.9 Å². The van der Waals surface area contributed by atoms with Crippen LogP contribution in [0.3, 0.4) is 0 Å². The average Bonchev–Trinajstić information content (AvgIpc) is 3.07. The van der Waals surface area contributed by atoms with Gasteiger partial charge in [-0.1, -0.05) is 0 Å². The van der Waals surface area contributed by atoms with Gasteiger partial charge < -0.3 is 9.80 Å². The van der Waals surface area contributed by atoms with Gasteiger partial charge in [0.05, 0.1) is 17.5 Å². The molecule has 20 heavy (non-hydrogen) atoms. The van der Waals surface area contributed by atoms with Crippen LogP contribution in [-0.2, 0) is 7.05 Å². The standard InChI is InChI=1S/C13H17N5OS/c1-10-9-20-13(15-10)18-5-3-17(4-6-18)12(19)11-7-14-16(2)8-11/h7-9H,3-6H2,1-2H3. The molecule has 7 heteroatoms. The molecule has 0 aromatic carbocycles. The smallest absolute Gasteiger partial charge is 0.257 e. The lowest BCUT2D eigenvalue weighted by Crippen LogP contribution is -2.48. The zero-order valence-electron chi connectivity index (χ0n) is 11.6. The van der Waals surface area contributed by atoms with E-state index in [2.05, 4.69) is 20.4 Å². The van der Waals surface area contributed by atoms with Crippen LogP contribution in [0.1, 0.15) is 16.1 Å². The minimum absolute atomic E-state index is 0.0630. The molecule has 0 aliphatic carbocycles. The molecule has 0 saturated carbocycles. The van der Waals surface area contributed by atoms with Crippen LogP contribution in [0.25, 0.3) is 0 Å². The van der Waals surface area contributed by atoms with Crippen LogP contribution in [0.4, 0.5) is 5.13 Å². The first-order chi connectivity index (χ1) is 9.63. The maximum Gasteiger partial charge on any atom is 0.257 e. The molecular weight excluding hydrogens is 274 g/mol. The average molecular weight is 291 g/mol. The summed E-state index contributed by atoms with van der Waals surface area (Å²) in [6.07, 6.45) is 3.39. The summed E-state index contributed by atoms with van der Waals surface area (Å²) in [5.41, 5.74) is 1.71. The molecule has 2 aromatic heterocycles. The third-order valence-corrected chi connectivity index (χ3v) is 4.42. The molecule has 3 rings (SSSR count). The van der Waals surface area contributed by atoms with Crippen molar-refractivity contribution in [3.05, 3.63) is 29.0 Å². The number of rotatable bonds is 2. The van der Waals surface area contributed by atoms with Crippen LogP contribution in [0.2, 0.25) is 0 Å². The van der Waals surface area contributed by atoms with Crippen molar-refractivity contribution in [3.8, 4) is 0 Å². The highest BCUT2D eigenvalue weighted by atomic mass is 32.1. The van der Waals surface area contributed by atoms with Gasteiger partial charge in [0.25, 0.3) is 5.91 Å². The lowest BCUT2D eigenvalue weighted by Gasteiger charge is -2.34. The van der Waals surface area contributed by atoms with Gasteiger partial charge in [-0.15, -0.1) is 11.3 Å². The topological polar surface area (TPSA) is 54.3 Å². The van der Waals surface area contributed by atoms with E-state index in [-0.39, 0.29) is 5.91 Å². The van der Waals surface area contributed by atoms with Crippen molar-refractivity contribution in [2.24, 2.45) is 7.05 Å². The largest absolute Gasteiger partial charge is 0.345 e. The van der Waals surface area contributed by atoms with Crippen molar-refractivity contribution in [2.45, 2.75) is 6.92 Å². The van der Waals surface area contributed by atoms with E-state index in [1.54, 1.807) is 28.4 Å². The van der Waals surface area contributed by atoms with Crippen LogP contribution in [-0.4, -0.2) is 51.8 Å². The van der Waals surface area contributed by atoms with E-state index >= 15 is 0 Å². The highest BCUT2D eigenvalue weighted by molar-refractivity contribution is 7.13. The Kier molecular flexibility index (Phi) is 3.43. The van der Waals surface area contributed by atoms with Crippen molar-refractivity contribution in [1.29, 1.82) is 0 Å². The Morgan fingerprint density at radius 1 is 1.30 bits per heavy atom. The summed E-state index contributed by atoms with van der Waals surface area (Å²) < 4.78 is 1.65. The zero-order valence-corrected chi connectivity index (χ0v) is 12.4. The van der Waals surface area contributed by atoms with Gasteiger partial charge in [0.2, 0.25) is 0 Å². The fraction of sp³-hybridized carbons (Fsp3) is 0.462. The van der Waals surface area contributed by atoms with E-state index in [0.29, 0.717) is 5.56 Å². The molecule has 3 heterocycles. The van der Waals surface area contributed by atoms with Crippen LogP contribution < -0.4 is 4.90 Å². The molecule has 0 bridgehead atoms. The molecule has 6 nitrogen and oxygen atoms in total. The maximum atomic E-state index is 12.3. The van der Waals surface area contributed by atoms with E-state index in [9.17, 15) is 4.79 Å². The first-order valence-corrected chi connectivity index (χ1v) is 7.46. The summed E-state index contributed by atoms with van der Waals surface area (Å²) in [7, 11) is 1.82. The van der Waals surface area contributed by atoms with E-state index in [0.717, 1.165) is 37.0 Å². The van der Waals surface area contributed by atoms with Gasteiger partial charge in [0.1, 0.15) is 0 Å². The monoisotopic (exact) mass is 291 g/mol. The number of nitrogens with zero attached hydrogens (tertiary/aromatic N) is 5. The van der Waals surface area contributed by atoms with Gasteiger partial charge in [0, 0.05) is 44.8 Å². The highest BCUT2D eigenvalue weighted by Crippen LogP contribution is 2.21. The van der Waals surface area contributed by atoms with Gasteiger partial charge in [-0.05, 0) is 6.92 Å². The Hall–Kier alpha value is -1.89. The van der Waals surface area contributed by atoms with E-state index in [1.165, 1.54) is 0 Å². The van der Waals surface area contributed by atoms with Crippen molar-refractivity contribution in [3.63, 3.8) is 0 Å². The fourth-order valence-corrected chi connectivity index (χ4v) is 3.16. The molecule has 0 radical (unpaired) electrons. The van der Waals surface area contributed by atoms with Gasteiger partial charge in [-0.2, -0.15) is 5.10 Å². The zero-order chi connectivity index (χ0) is 14.1. The lowest BCUT2D eigenvalue weighted by molar-refractivity contribution is 0.0746. The predicted molar refractivity (Wildman–Crippen MR) is 78.2 cm³/mol. The van der Waals surface area contributed by atoms with Crippen LogP contribution in [0.15, 0.2) is 17.8 Å². The number of aromatic nitrogens is 3. The van der Waals surface area contributed by atoms with Gasteiger partial charge in [-0.25, -0.2) is 4.98 Å². The second-order valence-electron chi connectivity index (χ2n) is 4.95. The molecular formula is C13H17N5OS. The Labute approximate surface area is 121 Å². The summed E-state index contributed by atoms with van der Waals surface area (Å²) >= 11 is 1.66. The first-order valence-electron chi connectivity index (χ1n) is 6.58. The number of carbonyl (C=O) groups is 1. The molecule has 0 spiro atoms. The predicted octanol–water partition coefficient (Wildman–Crippen LogP) is 1.15. The summed E-state index contributed by atoms with van der Waals surface area (Å²) in [6, 6.07) is 0. The van der Waals surface area contributed by atoms with Gasteiger partial charge >= 0.3 is 0 Å². The second kappa shape index (κ2) is 5.24. The Morgan fingerprint density at radius 3 is 2.60 bits per heavy atom. The Balaban J connectivity index is 1.62. The third-order valence-electron chi connectivity index (χ3n) is 3.40. The molecule has 1 aliphatic heterocycles. The molecule has 0 atom stereocenters. The maximum absolute atomic E-state index is 12.3. The van der Waals surface area contributed by atoms with Crippen molar-refractivity contribution in [1.82, 2.24) is 19.7 Å². The normalized spacial score (nSPS) is 15.7. The van der Waals surface area contributed by atoms with Gasteiger partial charge in [0.15, 0.2) is 5.13 Å². The molecule has 1 aliphatic rings. The molecule has 1 amide bonds. The van der Waals surface area contributed by atoms with E-state index in [4.69, 9.17) is 0 Å². The summed E-state index contributed by atoms with van der Waals surface area (Å²) in [5.74, 6) is 0.0630. The molecule has 0 N–H and O–H groups in total. The number of hydrogen-bond acceptors (Lipinski definition) is 5. The first kappa shape index (κ1) is 13.1. The SMILES string of the molecule is Cc1csc(N2CCN(C(=O)c3cnn(C)c3)CC2)n1. The lowest BCUT2D eigenvalue weighted by atomic mass is 10.2. The molecule has 0 unspecified atom stereocenters. The Morgan fingerprint density at radius 2 is 2.05 bits per heavy atom. The number of piperazine rings is 1. The quantitative estimate of drug-likeness (QED) is 0.833. The summed E-state index contributed by atoms with van der Waals surface area (Å²) in [6.45, 7) is 5.12. The van der Waals surface area contributed by atoms with Crippen LogP contribution in [0, 0.1) is 6.92 Å². The molecule has 106 valence electrons. The number of aryl methyl sites for hydroxylation is 2. The number of thiazole rings is 1. The third kappa shape index (κ3) is 2.53. The van der Waals surface area contributed by atoms with Crippen molar-refractivity contribution >= 4 is 22.4 Å². The molecule has 1 saturated heterocycles. The minimum atomic E-state index is 0.0630. The molecule has 2 aromatic rings. The highest BCUT2D eigenvalue weighted by Gasteiger charge is 2.24.